The average Bonchev–Trinajstić information content (AvgIpc) is 2.96. The molecule has 1 atom stereocenters. The Bertz CT molecular complexity index is 513. The van der Waals surface area contributed by atoms with Crippen molar-refractivity contribution < 1.29 is 14.7 Å². The minimum Gasteiger partial charge on any atom is -0.480 e. The molecular formula is C16H22N2O3. The molecule has 0 spiro atoms. The molecule has 1 fully saturated rings. The fraction of sp³-hybridized carbons (Fsp3) is 0.500. The van der Waals surface area contributed by atoms with Crippen molar-refractivity contribution in [2.75, 3.05) is 25.0 Å². The molecule has 114 valence electrons. The van der Waals surface area contributed by atoms with E-state index in [-0.39, 0.29) is 5.91 Å². The fourth-order valence-corrected chi connectivity index (χ4v) is 2.76. The highest BCUT2D eigenvalue weighted by molar-refractivity contribution is 5.97. The second kappa shape index (κ2) is 6.61. The summed E-state index contributed by atoms with van der Waals surface area (Å²) in [5.41, 5.74) is 1.61. The van der Waals surface area contributed by atoms with Crippen molar-refractivity contribution in [3.8, 4) is 0 Å². The van der Waals surface area contributed by atoms with Gasteiger partial charge in [-0.1, -0.05) is 6.92 Å². The number of hydrogen-bond acceptors (Lipinski definition) is 3. The van der Waals surface area contributed by atoms with Gasteiger partial charge in [-0.25, -0.2) is 4.79 Å². The van der Waals surface area contributed by atoms with Crippen LogP contribution in [0.3, 0.4) is 0 Å². The SMILES string of the molecule is CCCN(C)c1ccc(C(=O)N2CCC[C@H]2C(=O)O)cc1. The number of rotatable bonds is 5. The van der Waals surface area contributed by atoms with E-state index in [1.54, 1.807) is 12.1 Å². The van der Waals surface area contributed by atoms with Crippen LogP contribution in [0.25, 0.3) is 0 Å². The van der Waals surface area contributed by atoms with E-state index in [0.717, 1.165) is 25.1 Å². The van der Waals surface area contributed by atoms with Crippen LogP contribution in [0.4, 0.5) is 5.69 Å². The smallest absolute Gasteiger partial charge is 0.326 e. The highest BCUT2D eigenvalue weighted by atomic mass is 16.4. The van der Waals surface area contributed by atoms with Crippen LogP contribution >= 0.6 is 0 Å². The summed E-state index contributed by atoms with van der Waals surface area (Å²) < 4.78 is 0. The van der Waals surface area contributed by atoms with Gasteiger partial charge in [-0.05, 0) is 43.5 Å². The molecule has 1 aliphatic heterocycles. The van der Waals surface area contributed by atoms with Gasteiger partial charge in [0.1, 0.15) is 6.04 Å². The van der Waals surface area contributed by atoms with E-state index in [1.807, 2.05) is 19.2 Å². The topological polar surface area (TPSA) is 60.9 Å². The summed E-state index contributed by atoms with van der Waals surface area (Å²) in [6.07, 6.45) is 2.35. The molecule has 0 aliphatic carbocycles. The molecule has 0 bridgehead atoms. The Morgan fingerprint density at radius 3 is 2.57 bits per heavy atom. The van der Waals surface area contributed by atoms with E-state index in [2.05, 4.69) is 11.8 Å². The first-order chi connectivity index (χ1) is 10.0. The molecule has 0 aromatic heterocycles. The summed E-state index contributed by atoms with van der Waals surface area (Å²) in [7, 11) is 2.02. The van der Waals surface area contributed by atoms with Crippen LogP contribution in [-0.2, 0) is 4.79 Å². The minimum atomic E-state index is -0.917. The van der Waals surface area contributed by atoms with Crippen molar-refractivity contribution >= 4 is 17.6 Å². The zero-order chi connectivity index (χ0) is 15.4. The predicted octanol–water partition coefficient (Wildman–Crippen LogP) is 2.22. The van der Waals surface area contributed by atoms with Crippen LogP contribution in [0.15, 0.2) is 24.3 Å². The Morgan fingerprint density at radius 1 is 1.33 bits per heavy atom. The molecule has 21 heavy (non-hydrogen) atoms. The summed E-state index contributed by atoms with van der Waals surface area (Å²) in [5.74, 6) is -1.11. The second-order valence-corrected chi connectivity index (χ2v) is 5.46. The zero-order valence-electron chi connectivity index (χ0n) is 12.6. The van der Waals surface area contributed by atoms with Crippen LogP contribution < -0.4 is 4.90 Å². The first kappa shape index (κ1) is 15.4. The first-order valence-corrected chi connectivity index (χ1v) is 7.39. The van der Waals surface area contributed by atoms with Crippen LogP contribution in [-0.4, -0.2) is 48.1 Å². The second-order valence-electron chi connectivity index (χ2n) is 5.46. The lowest BCUT2D eigenvalue weighted by Crippen LogP contribution is -2.40. The molecule has 5 heteroatoms. The van der Waals surface area contributed by atoms with E-state index >= 15 is 0 Å². The number of benzene rings is 1. The monoisotopic (exact) mass is 290 g/mol. The van der Waals surface area contributed by atoms with E-state index in [4.69, 9.17) is 5.11 Å². The number of carboxylic acid groups (broad SMARTS) is 1. The zero-order valence-corrected chi connectivity index (χ0v) is 12.6. The van der Waals surface area contributed by atoms with Gasteiger partial charge in [0.05, 0.1) is 0 Å². The molecule has 1 amide bonds. The number of carboxylic acids is 1. The Balaban J connectivity index is 2.11. The van der Waals surface area contributed by atoms with Crippen molar-refractivity contribution in [3.63, 3.8) is 0 Å². The molecule has 5 nitrogen and oxygen atoms in total. The van der Waals surface area contributed by atoms with E-state index in [1.165, 1.54) is 4.90 Å². The normalized spacial score (nSPS) is 17.8. The maximum absolute atomic E-state index is 12.4. The van der Waals surface area contributed by atoms with Gasteiger partial charge < -0.3 is 14.9 Å². The summed E-state index contributed by atoms with van der Waals surface area (Å²) >= 11 is 0. The maximum Gasteiger partial charge on any atom is 0.326 e. The lowest BCUT2D eigenvalue weighted by molar-refractivity contribution is -0.141. The number of likely N-dealkylation sites (tertiary alicyclic amines) is 1. The molecule has 1 saturated heterocycles. The lowest BCUT2D eigenvalue weighted by atomic mass is 10.1. The molecule has 1 N–H and O–H groups in total. The van der Waals surface area contributed by atoms with Crippen LogP contribution in [0.2, 0.25) is 0 Å². The van der Waals surface area contributed by atoms with E-state index < -0.39 is 12.0 Å². The molecule has 1 aromatic carbocycles. The van der Waals surface area contributed by atoms with Crippen molar-refractivity contribution in [2.24, 2.45) is 0 Å². The van der Waals surface area contributed by atoms with Crippen molar-refractivity contribution in [3.05, 3.63) is 29.8 Å². The summed E-state index contributed by atoms with van der Waals surface area (Å²) in [4.78, 5) is 27.2. The third kappa shape index (κ3) is 3.35. The Kier molecular flexibility index (Phi) is 4.83. The fourth-order valence-electron chi connectivity index (χ4n) is 2.76. The summed E-state index contributed by atoms with van der Waals surface area (Å²) in [6.45, 7) is 3.60. The minimum absolute atomic E-state index is 0.190. The molecule has 1 heterocycles. The largest absolute Gasteiger partial charge is 0.480 e. The van der Waals surface area contributed by atoms with Gasteiger partial charge in [0.2, 0.25) is 0 Å². The lowest BCUT2D eigenvalue weighted by Gasteiger charge is -2.22. The van der Waals surface area contributed by atoms with Gasteiger partial charge in [0, 0.05) is 31.4 Å². The van der Waals surface area contributed by atoms with Crippen molar-refractivity contribution in [1.29, 1.82) is 0 Å². The van der Waals surface area contributed by atoms with Gasteiger partial charge in [0.25, 0.3) is 5.91 Å². The highest BCUT2D eigenvalue weighted by Crippen LogP contribution is 2.22. The number of hydrogen-bond donors (Lipinski definition) is 1. The average molecular weight is 290 g/mol. The van der Waals surface area contributed by atoms with Crippen molar-refractivity contribution in [2.45, 2.75) is 32.2 Å². The van der Waals surface area contributed by atoms with Gasteiger partial charge in [-0.3, -0.25) is 4.79 Å². The van der Waals surface area contributed by atoms with E-state index in [9.17, 15) is 9.59 Å². The van der Waals surface area contributed by atoms with Crippen molar-refractivity contribution in [1.82, 2.24) is 4.90 Å². The Morgan fingerprint density at radius 2 is 2.00 bits per heavy atom. The molecule has 0 unspecified atom stereocenters. The molecule has 1 aromatic rings. The molecule has 1 aliphatic rings. The number of anilines is 1. The number of carbonyl (C=O) groups excluding carboxylic acids is 1. The van der Waals surface area contributed by atoms with E-state index in [0.29, 0.717) is 18.5 Å². The first-order valence-electron chi connectivity index (χ1n) is 7.39. The van der Waals surface area contributed by atoms with Crippen LogP contribution in [0.1, 0.15) is 36.5 Å². The number of aliphatic carboxylic acids is 1. The summed E-state index contributed by atoms with van der Waals surface area (Å²) in [6, 6.07) is 6.70. The number of carbonyl (C=O) groups is 2. The predicted molar refractivity (Wildman–Crippen MR) is 81.7 cm³/mol. The van der Waals surface area contributed by atoms with Gasteiger partial charge in [-0.2, -0.15) is 0 Å². The van der Waals surface area contributed by atoms with Crippen LogP contribution in [0, 0.1) is 0 Å². The molecule has 0 radical (unpaired) electrons. The number of amides is 1. The Labute approximate surface area is 125 Å². The van der Waals surface area contributed by atoms with Gasteiger partial charge >= 0.3 is 5.97 Å². The third-order valence-corrected chi connectivity index (χ3v) is 3.91. The standard InChI is InChI=1S/C16H22N2O3/c1-3-10-17(2)13-8-6-12(7-9-13)15(19)18-11-4-5-14(18)16(20)21/h6-9,14H,3-5,10-11H2,1-2H3,(H,20,21)/t14-/m0/s1. The highest BCUT2D eigenvalue weighted by Gasteiger charge is 2.34. The maximum atomic E-state index is 12.4. The molecular weight excluding hydrogens is 268 g/mol. The summed E-state index contributed by atoms with van der Waals surface area (Å²) in [5, 5.41) is 9.15. The third-order valence-electron chi connectivity index (χ3n) is 3.91. The van der Waals surface area contributed by atoms with Gasteiger partial charge in [-0.15, -0.1) is 0 Å². The molecule has 0 saturated carbocycles. The quantitative estimate of drug-likeness (QED) is 0.903. The van der Waals surface area contributed by atoms with Crippen LogP contribution in [0.5, 0.6) is 0 Å². The van der Waals surface area contributed by atoms with Gasteiger partial charge in [0.15, 0.2) is 0 Å². The number of nitrogens with zero attached hydrogens (tertiary/aromatic N) is 2. The Hall–Kier alpha value is -2.04. The molecule has 2 rings (SSSR count).